The molecule has 1 saturated carbocycles. The molecule has 170 valence electrons. The maximum absolute atomic E-state index is 12.8. The summed E-state index contributed by atoms with van der Waals surface area (Å²) in [6.45, 7) is 6.96. The van der Waals surface area contributed by atoms with Crippen molar-refractivity contribution in [1.29, 1.82) is 0 Å². The third-order valence-electron chi connectivity index (χ3n) is 7.14. The highest BCUT2D eigenvalue weighted by molar-refractivity contribution is 5.65. The lowest BCUT2D eigenvalue weighted by molar-refractivity contribution is 0.378. The van der Waals surface area contributed by atoms with Crippen LogP contribution >= 0.6 is 0 Å². The second-order valence-corrected chi connectivity index (χ2v) is 9.42. The average Bonchev–Trinajstić information content (AvgIpc) is 3.57. The second-order valence-electron chi connectivity index (χ2n) is 9.42. The van der Waals surface area contributed by atoms with E-state index in [-0.39, 0.29) is 5.56 Å². The number of benzene rings is 1. The van der Waals surface area contributed by atoms with Gasteiger partial charge in [-0.3, -0.25) is 9.89 Å². The Morgan fingerprint density at radius 3 is 2.76 bits per heavy atom. The number of aryl methyl sites for hydroxylation is 4. The van der Waals surface area contributed by atoms with Crippen molar-refractivity contribution in [1.82, 2.24) is 29.7 Å². The number of anilines is 1. The monoisotopic (exact) mass is 445 g/mol. The fraction of sp³-hybridized carbons (Fsp3) is 0.458. The van der Waals surface area contributed by atoms with Gasteiger partial charge in [-0.2, -0.15) is 14.5 Å². The minimum atomic E-state index is -0.139. The third-order valence-corrected chi connectivity index (χ3v) is 7.14. The lowest BCUT2D eigenvalue weighted by atomic mass is 10.1. The predicted molar refractivity (Wildman–Crippen MR) is 123 cm³/mol. The first-order chi connectivity index (χ1) is 16.0. The molecule has 3 aromatic heterocycles. The Balaban J connectivity index is 1.20. The van der Waals surface area contributed by atoms with Crippen LogP contribution < -0.4 is 10.5 Å². The van der Waals surface area contributed by atoms with Crippen LogP contribution in [0.2, 0.25) is 0 Å². The molecule has 4 heterocycles. The van der Waals surface area contributed by atoms with Crippen molar-refractivity contribution in [3.63, 3.8) is 0 Å². The van der Waals surface area contributed by atoms with Gasteiger partial charge in [-0.05, 0) is 76.1 Å². The molecule has 1 saturated heterocycles. The quantitative estimate of drug-likeness (QED) is 0.503. The summed E-state index contributed by atoms with van der Waals surface area (Å²) < 4.78 is 6.88. The molecule has 1 aliphatic heterocycles. The molecule has 0 spiro atoms. The Bertz CT molecular complexity index is 1420. The van der Waals surface area contributed by atoms with E-state index in [4.69, 9.17) is 4.52 Å². The van der Waals surface area contributed by atoms with Gasteiger partial charge < -0.3 is 9.42 Å². The third kappa shape index (κ3) is 3.42. The van der Waals surface area contributed by atoms with E-state index in [1.807, 2.05) is 6.92 Å². The van der Waals surface area contributed by atoms with Crippen LogP contribution in [0.3, 0.4) is 0 Å². The number of aromatic amines is 1. The Kier molecular flexibility index (Phi) is 4.60. The number of hydrogen-bond acceptors (Lipinski definition) is 7. The highest BCUT2D eigenvalue weighted by atomic mass is 16.5. The number of hydrogen-bond donors (Lipinski definition) is 1. The van der Waals surface area contributed by atoms with E-state index in [1.54, 1.807) is 6.92 Å². The van der Waals surface area contributed by atoms with E-state index in [0.29, 0.717) is 53.5 Å². The Morgan fingerprint density at radius 1 is 1.12 bits per heavy atom. The Morgan fingerprint density at radius 2 is 2.00 bits per heavy atom. The van der Waals surface area contributed by atoms with E-state index in [9.17, 15) is 4.79 Å². The minimum absolute atomic E-state index is 0.139. The molecule has 1 aromatic carbocycles. The molecule has 33 heavy (non-hydrogen) atoms. The van der Waals surface area contributed by atoms with Crippen LogP contribution in [-0.2, 0) is 12.8 Å². The van der Waals surface area contributed by atoms with Gasteiger partial charge in [-0.1, -0.05) is 5.16 Å². The molecule has 2 fully saturated rings. The highest BCUT2D eigenvalue weighted by Crippen LogP contribution is 2.41. The van der Waals surface area contributed by atoms with Crippen molar-refractivity contribution in [3.8, 4) is 11.4 Å². The molecular weight excluding hydrogens is 418 g/mol. The maximum Gasteiger partial charge on any atom is 0.277 e. The fourth-order valence-corrected chi connectivity index (χ4v) is 5.49. The zero-order valence-corrected chi connectivity index (χ0v) is 19.1. The van der Waals surface area contributed by atoms with E-state index in [2.05, 4.69) is 55.2 Å². The Labute approximate surface area is 190 Å². The SMILES string of the molecule is Cc1nc2nc(C)c(CCc3nc(-c4ccc(N5CC6CCC5C6)c(C)c4)no3)c(=O)n2[nH]1. The van der Waals surface area contributed by atoms with Crippen molar-refractivity contribution in [3.05, 3.63) is 57.1 Å². The average molecular weight is 446 g/mol. The predicted octanol–water partition coefficient (Wildman–Crippen LogP) is 3.17. The number of H-pyrrole nitrogens is 1. The number of piperidine rings is 1. The molecule has 2 atom stereocenters. The topological polar surface area (TPSA) is 105 Å². The summed E-state index contributed by atoms with van der Waals surface area (Å²) >= 11 is 0. The summed E-state index contributed by atoms with van der Waals surface area (Å²) in [6, 6.07) is 7.12. The molecule has 2 unspecified atom stereocenters. The standard InChI is InChI=1S/C24H27N7O2/c1-13-10-17(5-8-20(13)30-12-16-4-6-18(30)11-16)22-27-21(33-29-22)9-7-19-14(2)25-24-26-15(3)28-31(24)23(19)32/h5,8,10,16,18H,4,6-7,9,11-12H2,1-3H3,(H,25,26,28). The van der Waals surface area contributed by atoms with Gasteiger partial charge in [-0.15, -0.1) is 0 Å². The summed E-state index contributed by atoms with van der Waals surface area (Å²) in [5.74, 6) is 2.98. The van der Waals surface area contributed by atoms with Gasteiger partial charge in [-0.25, -0.2) is 4.98 Å². The van der Waals surface area contributed by atoms with Crippen molar-refractivity contribution in [2.75, 3.05) is 11.4 Å². The van der Waals surface area contributed by atoms with Crippen LogP contribution in [0, 0.1) is 26.7 Å². The van der Waals surface area contributed by atoms with Gasteiger partial charge >= 0.3 is 0 Å². The first-order valence-electron chi connectivity index (χ1n) is 11.6. The number of fused-ring (bicyclic) bond motifs is 3. The minimum Gasteiger partial charge on any atom is -0.368 e. The maximum atomic E-state index is 12.8. The smallest absolute Gasteiger partial charge is 0.277 e. The number of nitrogens with one attached hydrogen (secondary N) is 1. The summed E-state index contributed by atoms with van der Waals surface area (Å²) in [6.07, 6.45) is 4.96. The van der Waals surface area contributed by atoms with Crippen molar-refractivity contribution in [2.45, 2.75) is 58.9 Å². The molecule has 9 heteroatoms. The van der Waals surface area contributed by atoms with E-state index in [0.717, 1.165) is 11.5 Å². The van der Waals surface area contributed by atoms with Crippen LogP contribution in [0.25, 0.3) is 17.2 Å². The van der Waals surface area contributed by atoms with E-state index in [1.165, 1.54) is 41.6 Å². The number of rotatable bonds is 5. The highest BCUT2D eigenvalue weighted by Gasteiger charge is 2.38. The molecule has 0 amide bonds. The second kappa shape index (κ2) is 7.54. The van der Waals surface area contributed by atoms with Crippen LogP contribution in [0.5, 0.6) is 0 Å². The van der Waals surface area contributed by atoms with Crippen molar-refractivity contribution >= 4 is 11.5 Å². The van der Waals surface area contributed by atoms with Crippen LogP contribution in [-0.4, -0.2) is 42.3 Å². The van der Waals surface area contributed by atoms with E-state index >= 15 is 0 Å². The summed E-state index contributed by atoms with van der Waals surface area (Å²) in [4.78, 5) is 28.6. The zero-order valence-electron chi connectivity index (χ0n) is 19.1. The zero-order chi connectivity index (χ0) is 22.7. The van der Waals surface area contributed by atoms with Gasteiger partial charge in [0, 0.05) is 35.8 Å². The van der Waals surface area contributed by atoms with Gasteiger partial charge in [0.2, 0.25) is 11.7 Å². The molecule has 4 aromatic rings. The lowest BCUT2D eigenvalue weighted by Gasteiger charge is -2.30. The van der Waals surface area contributed by atoms with Gasteiger partial charge in [0.05, 0.1) is 5.69 Å². The Hall–Kier alpha value is -3.49. The van der Waals surface area contributed by atoms with Crippen LogP contribution in [0.4, 0.5) is 5.69 Å². The summed E-state index contributed by atoms with van der Waals surface area (Å²) in [7, 11) is 0. The van der Waals surface area contributed by atoms with Crippen molar-refractivity contribution in [2.24, 2.45) is 5.92 Å². The van der Waals surface area contributed by atoms with Crippen LogP contribution in [0.1, 0.15) is 47.8 Å². The molecule has 2 bridgehead atoms. The first-order valence-corrected chi connectivity index (χ1v) is 11.6. The molecule has 1 N–H and O–H groups in total. The molecule has 0 radical (unpaired) electrons. The molecule has 2 aliphatic rings. The van der Waals surface area contributed by atoms with E-state index < -0.39 is 0 Å². The van der Waals surface area contributed by atoms with Gasteiger partial charge in [0.25, 0.3) is 11.3 Å². The normalized spacial score (nSPS) is 19.8. The fourth-order valence-electron chi connectivity index (χ4n) is 5.49. The number of nitrogens with zero attached hydrogens (tertiary/aromatic N) is 6. The molecule has 6 rings (SSSR count). The lowest BCUT2D eigenvalue weighted by Crippen LogP contribution is -2.32. The van der Waals surface area contributed by atoms with Crippen molar-refractivity contribution < 1.29 is 4.52 Å². The largest absolute Gasteiger partial charge is 0.368 e. The number of aromatic nitrogens is 6. The first kappa shape index (κ1) is 20.1. The summed E-state index contributed by atoms with van der Waals surface area (Å²) in [5.41, 5.74) is 4.67. The molecule has 9 nitrogen and oxygen atoms in total. The van der Waals surface area contributed by atoms with Gasteiger partial charge in [0.15, 0.2) is 0 Å². The summed E-state index contributed by atoms with van der Waals surface area (Å²) in [5, 5.41) is 7.12. The molecule has 1 aliphatic carbocycles. The van der Waals surface area contributed by atoms with Gasteiger partial charge in [0.1, 0.15) is 5.82 Å². The van der Waals surface area contributed by atoms with Crippen LogP contribution in [0.15, 0.2) is 27.5 Å². The molecular formula is C24H27N7O2.